The van der Waals surface area contributed by atoms with Crippen LogP contribution in [0.2, 0.25) is 0 Å². The maximum atomic E-state index is 13.5. The Hall–Kier alpha value is -2.45. The van der Waals surface area contributed by atoms with Crippen molar-refractivity contribution in [3.63, 3.8) is 0 Å². The lowest BCUT2D eigenvalue weighted by Gasteiger charge is -2.33. The third-order valence-electron chi connectivity index (χ3n) is 6.89. The molecule has 0 radical (unpaired) electrons. The number of anilines is 1. The number of aliphatic hydroxyl groups excluding tert-OH is 1. The fraction of sp³-hybridized carbons (Fsp3) is 0.609. The highest BCUT2D eigenvalue weighted by atomic mass is 16.5. The quantitative estimate of drug-likeness (QED) is 0.602. The summed E-state index contributed by atoms with van der Waals surface area (Å²) in [5, 5.41) is 15.5. The summed E-state index contributed by atoms with van der Waals surface area (Å²) in [6.45, 7) is 6.12. The molecule has 3 amide bonds. The van der Waals surface area contributed by atoms with E-state index in [1.807, 2.05) is 39.0 Å². The lowest BCUT2D eigenvalue weighted by molar-refractivity contribution is -0.141. The van der Waals surface area contributed by atoms with E-state index >= 15 is 0 Å². The molecule has 4 rings (SSSR count). The lowest BCUT2D eigenvalue weighted by atomic mass is 9.70. The van der Waals surface area contributed by atoms with Crippen LogP contribution in [0, 0.1) is 25.7 Å². The first kappa shape index (κ1) is 21.8. The molecule has 1 spiro atoms. The number of aryl methyl sites for hydroxylation is 2. The van der Waals surface area contributed by atoms with E-state index < -0.39 is 23.5 Å². The first-order valence-corrected chi connectivity index (χ1v) is 11.1. The second kappa shape index (κ2) is 8.24. The minimum Gasteiger partial charge on any atom is -0.395 e. The highest BCUT2D eigenvalue weighted by Crippen LogP contribution is 2.58. The fourth-order valence-corrected chi connectivity index (χ4v) is 5.54. The predicted molar refractivity (Wildman–Crippen MR) is 114 cm³/mol. The van der Waals surface area contributed by atoms with Crippen molar-refractivity contribution in [1.82, 2.24) is 10.2 Å². The summed E-state index contributed by atoms with van der Waals surface area (Å²) >= 11 is 0. The Labute approximate surface area is 182 Å². The second-order valence-electron chi connectivity index (χ2n) is 8.91. The number of amides is 3. The molecule has 5 atom stereocenters. The van der Waals surface area contributed by atoms with E-state index in [9.17, 15) is 19.5 Å². The summed E-state index contributed by atoms with van der Waals surface area (Å²) in [6.07, 6.45) is 1.61. The van der Waals surface area contributed by atoms with Crippen LogP contribution in [0.25, 0.3) is 0 Å². The molecule has 168 valence electrons. The molecule has 0 aliphatic carbocycles. The van der Waals surface area contributed by atoms with E-state index in [1.165, 1.54) is 4.90 Å². The summed E-state index contributed by atoms with van der Waals surface area (Å²) in [6, 6.07) is 4.91. The molecule has 8 nitrogen and oxygen atoms in total. The molecule has 2 unspecified atom stereocenters. The number of likely N-dealkylation sites (tertiary alicyclic amines) is 1. The van der Waals surface area contributed by atoms with Crippen molar-refractivity contribution in [2.24, 2.45) is 11.8 Å². The molecule has 3 aliphatic rings. The number of benzene rings is 1. The fourth-order valence-electron chi connectivity index (χ4n) is 5.54. The summed E-state index contributed by atoms with van der Waals surface area (Å²) < 4.78 is 6.30. The van der Waals surface area contributed by atoms with Crippen molar-refractivity contribution in [2.45, 2.75) is 57.8 Å². The second-order valence-corrected chi connectivity index (χ2v) is 8.91. The molecule has 3 aliphatic heterocycles. The average Bonchev–Trinajstić information content (AvgIpc) is 3.37. The van der Waals surface area contributed by atoms with E-state index in [2.05, 4.69) is 10.6 Å². The Bertz CT molecular complexity index is 903. The molecule has 2 bridgehead atoms. The number of rotatable bonds is 7. The molecule has 3 heterocycles. The number of hydrogen-bond donors (Lipinski definition) is 3. The van der Waals surface area contributed by atoms with Crippen LogP contribution in [-0.4, -0.2) is 65.2 Å². The van der Waals surface area contributed by atoms with Crippen molar-refractivity contribution in [2.75, 3.05) is 25.0 Å². The molecule has 0 aromatic heterocycles. The normalized spacial score (nSPS) is 31.1. The number of β-amino-alcohol motifs (C(OH)–C–C–N with tert-alkyl or cyclic N) is 1. The van der Waals surface area contributed by atoms with Gasteiger partial charge >= 0.3 is 0 Å². The van der Waals surface area contributed by atoms with Gasteiger partial charge in [-0.25, -0.2) is 0 Å². The van der Waals surface area contributed by atoms with Crippen molar-refractivity contribution in [3.05, 3.63) is 29.3 Å². The third-order valence-corrected chi connectivity index (χ3v) is 6.89. The molecule has 1 aromatic carbocycles. The summed E-state index contributed by atoms with van der Waals surface area (Å²) in [4.78, 5) is 41.2. The van der Waals surface area contributed by atoms with Gasteiger partial charge in [0.05, 0.1) is 24.5 Å². The zero-order valence-corrected chi connectivity index (χ0v) is 18.3. The Kier molecular flexibility index (Phi) is 5.79. The van der Waals surface area contributed by atoms with Gasteiger partial charge in [0.1, 0.15) is 11.6 Å². The van der Waals surface area contributed by atoms with Gasteiger partial charge < -0.3 is 25.4 Å². The Morgan fingerprint density at radius 3 is 2.77 bits per heavy atom. The van der Waals surface area contributed by atoms with E-state index in [-0.39, 0.29) is 37.0 Å². The first-order chi connectivity index (χ1) is 14.8. The highest BCUT2D eigenvalue weighted by Gasteiger charge is 2.74. The number of hydrogen-bond acceptors (Lipinski definition) is 5. The largest absolute Gasteiger partial charge is 0.395 e. The smallest absolute Gasteiger partial charge is 0.250 e. The average molecular weight is 430 g/mol. The van der Waals surface area contributed by atoms with Gasteiger partial charge in [0.15, 0.2) is 0 Å². The van der Waals surface area contributed by atoms with Crippen LogP contribution in [-0.2, 0) is 19.1 Å². The third kappa shape index (κ3) is 3.42. The van der Waals surface area contributed by atoms with Crippen LogP contribution >= 0.6 is 0 Å². The van der Waals surface area contributed by atoms with Crippen LogP contribution in [0.5, 0.6) is 0 Å². The maximum Gasteiger partial charge on any atom is 0.250 e. The zero-order valence-electron chi connectivity index (χ0n) is 18.3. The maximum absolute atomic E-state index is 13.5. The van der Waals surface area contributed by atoms with Crippen molar-refractivity contribution in [1.29, 1.82) is 0 Å². The highest BCUT2D eigenvalue weighted by molar-refractivity contribution is 6.03. The topological polar surface area (TPSA) is 108 Å². The van der Waals surface area contributed by atoms with Crippen LogP contribution < -0.4 is 10.6 Å². The SMILES string of the molecule is CCCNC(=O)[C@@H]1[C@@H]2CCC3(O2)C(C(=O)Nc2cc(C)ccc2C)N(CCO)C(=O)[C@H]13. The monoisotopic (exact) mass is 429 g/mol. The Morgan fingerprint density at radius 1 is 1.29 bits per heavy atom. The molecule has 1 aromatic rings. The van der Waals surface area contributed by atoms with Gasteiger partial charge in [-0.15, -0.1) is 0 Å². The molecule has 3 fully saturated rings. The minimum absolute atomic E-state index is 0.0271. The van der Waals surface area contributed by atoms with Crippen LogP contribution in [0.15, 0.2) is 18.2 Å². The molecular formula is C23H31N3O5. The molecule has 31 heavy (non-hydrogen) atoms. The van der Waals surface area contributed by atoms with Crippen molar-refractivity contribution >= 4 is 23.4 Å². The molecule has 0 saturated carbocycles. The van der Waals surface area contributed by atoms with Crippen LogP contribution in [0.3, 0.4) is 0 Å². The van der Waals surface area contributed by atoms with Crippen molar-refractivity contribution < 1.29 is 24.2 Å². The minimum atomic E-state index is -1.03. The number of ether oxygens (including phenoxy) is 1. The van der Waals surface area contributed by atoms with Crippen molar-refractivity contribution in [3.8, 4) is 0 Å². The number of aliphatic hydroxyl groups is 1. The Morgan fingerprint density at radius 2 is 2.06 bits per heavy atom. The summed E-state index contributed by atoms with van der Waals surface area (Å²) in [5.41, 5.74) is 1.58. The van der Waals surface area contributed by atoms with Gasteiger partial charge in [0, 0.05) is 18.8 Å². The molecular weight excluding hydrogens is 398 g/mol. The molecule has 3 N–H and O–H groups in total. The number of nitrogens with one attached hydrogen (secondary N) is 2. The van der Waals surface area contributed by atoms with Gasteiger partial charge in [-0.2, -0.15) is 0 Å². The first-order valence-electron chi connectivity index (χ1n) is 11.1. The van der Waals surface area contributed by atoms with Gasteiger partial charge in [-0.1, -0.05) is 19.1 Å². The van der Waals surface area contributed by atoms with Gasteiger partial charge in [0.2, 0.25) is 17.7 Å². The van der Waals surface area contributed by atoms with E-state index in [0.717, 1.165) is 17.5 Å². The number of nitrogens with zero attached hydrogens (tertiary/aromatic N) is 1. The molecule has 3 saturated heterocycles. The lowest BCUT2D eigenvalue weighted by Crippen LogP contribution is -2.53. The van der Waals surface area contributed by atoms with Crippen LogP contribution in [0.4, 0.5) is 5.69 Å². The zero-order chi connectivity index (χ0) is 22.3. The van der Waals surface area contributed by atoms with Gasteiger partial charge in [-0.05, 0) is 50.3 Å². The Balaban J connectivity index is 1.67. The summed E-state index contributed by atoms with van der Waals surface area (Å²) in [5.74, 6) is -2.12. The number of carbonyl (C=O) groups is 3. The summed E-state index contributed by atoms with van der Waals surface area (Å²) in [7, 11) is 0. The van der Waals surface area contributed by atoms with Gasteiger partial charge in [-0.3, -0.25) is 14.4 Å². The number of fused-ring (bicyclic) bond motifs is 1. The van der Waals surface area contributed by atoms with E-state index in [4.69, 9.17) is 4.74 Å². The van der Waals surface area contributed by atoms with E-state index in [1.54, 1.807) is 0 Å². The van der Waals surface area contributed by atoms with Gasteiger partial charge in [0.25, 0.3) is 0 Å². The standard InChI is InChI=1S/C23H31N3O5/c1-4-9-24-20(28)17-16-7-8-23(31-16)18(17)22(30)26(10-11-27)19(23)21(29)25-15-12-13(2)5-6-14(15)3/h5-6,12,16-19,27H,4,7-11H2,1-3H3,(H,24,28)(H,25,29)/t16-,17+,18-,19?,23?/m0/s1. The van der Waals surface area contributed by atoms with E-state index in [0.29, 0.717) is 25.1 Å². The molecule has 8 heteroatoms. The van der Waals surface area contributed by atoms with Crippen LogP contribution in [0.1, 0.15) is 37.3 Å². The predicted octanol–water partition coefficient (Wildman–Crippen LogP) is 1.14. The number of carbonyl (C=O) groups excluding carboxylic acids is 3.